The molecule has 6 nitrogen and oxygen atoms in total. The molecule has 3 heterocycles. The SMILES string of the molecule is Cc1noc(C2CCCN(C(=O)CC(C)C3CCCNC3)C2)n1. The molecular weight excluding hydrogens is 292 g/mol. The van der Waals surface area contributed by atoms with E-state index in [0.29, 0.717) is 30.0 Å². The van der Waals surface area contributed by atoms with Gasteiger partial charge in [0.25, 0.3) is 0 Å². The van der Waals surface area contributed by atoms with Gasteiger partial charge in [-0.15, -0.1) is 0 Å². The van der Waals surface area contributed by atoms with E-state index >= 15 is 0 Å². The second kappa shape index (κ2) is 7.43. The van der Waals surface area contributed by atoms with Crippen LogP contribution >= 0.6 is 0 Å². The van der Waals surface area contributed by atoms with Crippen LogP contribution in [0.5, 0.6) is 0 Å². The third-order valence-electron chi connectivity index (χ3n) is 5.30. The Morgan fingerprint density at radius 2 is 2.30 bits per heavy atom. The third-order valence-corrected chi connectivity index (χ3v) is 5.30. The van der Waals surface area contributed by atoms with Gasteiger partial charge in [-0.2, -0.15) is 4.98 Å². The van der Waals surface area contributed by atoms with Crippen LogP contribution in [0.1, 0.15) is 56.7 Å². The minimum Gasteiger partial charge on any atom is -0.342 e. The number of rotatable bonds is 4. The number of likely N-dealkylation sites (tertiary alicyclic amines) is 1. The molecule has 3 rings (SSSR count). The maximum absolute atomic E-state index is 12.7. The molecule has 128 valence electrons. The molecule has 1 aromatic heterocycles. The smallest absolute Gasteiger partial charge is 0.231 e. The van der Waals surface area contributed by atoms with Crippen LogP contribution in [0.25, 0.3) is 0 Å². The monoisotopic (exact) mass is 320 g/mol. The summed E-state index contributed by atoms with van der Waals surface area (Å²) in [4.78, 5) is 19.0. The summed E-state index contributed by atoms with van der Waals surface area (Å²) in [5, 5.41) is 7.32. The Morgan fingerprint density at radius 3 is 3.00 bits per heavy atom. The highest BCUT2D eigenvalue weighted by atomic mass is 16.5. The van der Waals surface area contributed by atoms with E-state index in [1.165, 1.54) is 12.8 Å². The molecule has 2 aliphatic heterocycles. The van der Waals surface area contributed by atoms with Crippen molar-refractivity contribution in [2.75, 3.05) is 26.2 Å². The van der Waals surface area contributed by atoms with Crippen LogP contribution in [-0.2, 0) is 4.79 Å². The van der Waals surface area contributed by atoms with Crippen LogP contribution in [0, 0.1) is 18.8 Å². The molecule has 6 heteroatoms. The fourth-order valence-corrected chi connectivity index (χ4v) is 3.82. The number of nitrogens with zero attached hydrogens (tertiary/aromatic N) is 3. The van der Waals surface area contributed by atoms with Crippen LogP contribution < -0.4 is 5.32 Å². The zero-order chi connectivity index (χ0) is 16.2. The lowest BCUT2D eigenvalue weighted by molar-refractivity contribution is -0.133. The van der Waals surface area contributed by atoms with Crippen molar-refractivity contribution in [2.45, 2.75) is 51.9 Å². The van der Waals surface area contributed by atoms with Crippen molar-refractivity contribution in [3.8, 4) is 0 Å². The summed E-state index contributed by atoms with van der Waals surface area (Å²) in [6.07, 6.45) is 5.16. The Morgan fingerprint density at radius 1 is 1.43 bits per heavy atom. The lowest BCUT2D eigenvalue weighted by Gasteiger charge is -2.33. The first kappa shape index (κ1) is 16.4. The number of carbonyl (C=O) groups excluding carboxylic acids is 1. The van der Waals surface area contributed by atoms with Crippen LogP contribution in [0.3, 0.4) is 0 Å². The topological polar surface area (TPSA) is 71.3 Å². The lowest BCUT2D eigenvalue weighted by Crippen LogP contribution is -2.41. The molecule has 0 spiro atoms. The predicted molar refractivity (Wildman–Crippen MR) is 87.0 cm³/mol. The Balaban J connectivity index is 1.54. The maximum Gasteiger partial charge on any atom is 0.231 e. The summed E-state index contributed by atoms with van der Waals surface area (Å²) >= 11 is 0. The molecule has 0 bridgehead atoms. The number of aromatic nitrogens is 2. The van der Waals surface area contributed by atoms with E-state index in [9.17, 15) is 4.79 Å². The van der Waals surface area contributed by atoms with Gasteiger partial charge in [0.1, 0.15) is 0 Å². The molecule has 3 atom stereocenters. The molecule has 0 radical (unpaired) electrons. The molecule has 1 amide bonds. The van der Waals surface area contributed by atoms with E-state index < -0.39 is 0 Å². The zero-order valence-corrected chi connectivity index (χ0v) is 14.3. The number of aryl methyl sites for hydroxylation is 1. The quantitative estimate of drug-likeness (QED) is 0.920. The molecule has 0 aromatic carbocycles. The van der Waals surface area contributed by atoms with Crippen molar-refractivity contribution < 1.29 is 9.32 Å². The minimum atomic E-state index is 0.195. The van der Waals surface area contributed by atoms with E-state index in [4.69, 9.17) is 4.52 Å². The summed E-state index contributed by atoms with van der Waals surface area (Å²) in [6, 6.07) is 0. The Kier molecular flexibility index (Phi) is 5.30. The van der Waals surface area contributed by atoms with Crippen LogP contribution in [-0.4, -0.2) is 47.1 Å². The van der Waals surface area contributed by atoms with Gasteiger partial charge in [0.05, 0.1) is 5.92 Å². The van der Waals surface area contributed by atoms with Crippen molar-refractivity contribution in [1.82, 2.24) is 20.4 Å². The van der Waals surface area contributed by atoms with Gasteiger partial charge in [-0.1, -0.05) is 12.1 Å². The normalized spacial score (nSPS) is 27.0. The highest BCUT2D eigenvalue weighted by molar-refractivity contribution is 5.76. The van der Waals surface area contributed by atoms with Crippen molar-refractivity contribution in [3.05, 3.63) is 11.7 Å². The number of piperidine rings is 2. The number of amides is 1. The first-order chi connectivity index (χ1) is 11.1. The molecule has 23 heavy (non-hydrogen) atoms. The van der Waals surface area contributed by atoms with Gasteiger partial charge in [-0.05, 0) is 57.5 Å². The second-order valence-corrected chi connectivity index (χ2v) is 7.15. The van der Waals surface area contributed by atoms with Crippen molar-refractivity contribution in [3.63, 3.8) is 0 Å². The largest absolute Gasteiger partial charge is 0.342 e. The van der Waals surface area contributed by atoms with Gasteiger partial charge in [-0.3, -0.25) is 4.79 Å². The van der Waals surface area contributed by atoms with E-state index in [1.807, 2.05) is 11.8 Å². The molecule has 0 aliphatic carbocycles. The number of nitrogens with one attached hydrogen (secondary N) is 1. The molecular formula is C17H28N4O2. The molecule has 2 fully saturated rings. The van der Waals surface area contributed by atoms with Crippen LogP contribution in [0.15, 0.2) is 4.52 Å². The Hall–Kier alpha value is -1.43. The summed E-state index contributed by atoms with van der Waals surface area (Å²) in [7, 11) is 0. The zero-order valence-electron chi connectivity index (χ0n) is 14.3. The molecule has 1 aromatic rings. The van der Waals surface area contributed by atoms with Gasteiger partial charge in [-0.25, -0.2) is 0 Å². The van der Waals surface area contributed by atoms with Gasteiger partial charge < -0.3 is 14.7 Å². The molecule has 1 N–H and O–H groups in total. The van der Waals surface area contributed by atoms with Crippen molar-refractivity contribution >= 4 is 5.91 Å². The number of hydrogen-bond acceptors (Lipinski definition) is 5. The van der Waals surface area contributed by atoms with Crippen molar-refractivity contribution in [2.24, 2.45) is 11.8 Å². The van der Waals surface area contributed by atoms with E-state index in [2.05, 4.69) is 22.4 Å². The molecule has 0 saturated carbocycles. The van der Waals surface area contributed by atoms with Crippen molar-refractivity contribution in [1.29, 1.82) is 0 Å². The molecule has 2 saturated heterocycles. The summed E-state index contributed by atoms with van der Waals surface area (Å²) < 4.78 is 5.30. The molecule has 3 unspecified atom stereocenters. The fraction of sp³-hybridized carbons (Fsp3) is 0.824. The molecule has 2 aliphatic rings. The van der Waals surface area contributed by atoms with Gasteiger partial charge >= 0.3 is 0 Å². The second-order valence-electron chi connectivity index (χ2n) is 7.15. The first-order valence-electron chi connectivity index (χ1n) is 8.92. The number of hydrogen-bond donors (Lipinski definition) is 1. The first-order valence-corrected chi connectivity index (χ1v) is 8.92. The average Bonchev–Trinajstić information content (AvgIpc) is 3.02. The van der Waals surface area contributed by atoms with Gasteiger partial charge in [0.2, 0.25) is 11.8 Å². The number of carbonyl (C=O) groups is 1. The van der Waals surface area contributed by atoms with E-state index in [1.54, 1.807) is 0 Å². The summed E-state index contributed by atoms with van der Waals surface area (Å²) in [5.41, 5.74) is 0. The minimum absolute atomic E-state index is 0.195. The van der Waals surface area contributed by atoms with E-state index in [-0.39, 0.29) is 11.8 Å². The van der Waals surface area contributed by atoms with Gasteiger partial charge in [0, 0.05) is 19.5 Å². The maximum atomic E-state index is 12.7. The average molecular weight is 320 g/mol. The Bertz CT molecular complexity index is 524. The van der Waals surface area contributed by atoms with E-state index in [0.717, 1.165) is 39.0 Å². The lowest BCUT2D eigenvalue weighted by atomic mass is 9.85. The Labute approximate surface area is 138 Å². The summed E-state index contributed by atoms with van der Waals surface area (Å²) in [5.74, 6) is 2.91. The summed E-state index contributed by atoms with van der Waals surface area (Å²) in [6.45, 7) is 7.80. The highest BCUT2D eigenvalue weighted by Crippen LogP contribution is 2.28. The standard InChI is InChI=1S/C17H28N4O2/c1-12(14-5-3-7-18-10-14)9-16(22)21-8-4-6-15(11-21)17-19-13(2)20-23-17/h12,14-15,18H,3-11H2,1-2H3. The fourth-order valence-electron chi connectivity index (χ4n) is 3.82. The predicted octanol–water partition coefficient (Wildman–Crippen LogP) is 2.11. The van der Waals surface area contributed by atoms with Crippen LogP contribution in [0.4, 0.5) is 0 Å². The van der Waals surface area contributed by atoms with Crippen LogP contribution in [0.2, 0.25) is 0 Å². The third kappa shape index (κ3) is 4.10. The highest BCUT2D eigenvalue weighted by Gasteiger charge is 2.30. The van der Waals surface area contributed by atoms with Gasteiger partial charge in [0.15, 0.2) is 5.82 Å².